The lowest BCUT2D eigenvalue weighted by Crippen LogP contribution is -2.46. The third-order valence-corrected chi connectivity index (χ3v) is 6.10. The summed E-state index contributed by atoms with van der Waals surface area (Å²) in [6.07, 6.45) is 0. The van der Waals surface area contributed by atoms with E-state index in [0.717, 1.165) is 54.7 Å². The van der Waals surface area contributed by atoms with Crippen molar-refractivity contribution in [3.63, 3.8) is 0 Å². The van der Waals surface area contributed by atoms with E-state index < -0.39 is 11.7 Å². The molecule has 0 radical (unpaired) electrons. The molecule has 3 aromatic rings. The van der Waals surface area contributed by atoms with Crippen molar-refractivity contribution in [3.05, 3.63) is 94.8 Å². The van der Waals surface area contributed by atoms with Crippen LogP contribution >= 0.6 is 23.8 Å². The zero-order chi connectivity index (χ0) is 23.2. The van der Waals surface area contributed by atoms with E-state index >= 15 is 0 Å². The summed E-state index contributed by atoms with van der Waals surface area (Å²) in [7, 11) is 0. The van der Waals surface area contributed by atoms with Gasteiger partial charge in [0.25, 0.3) is 5.91 Å². The molecule has 1 saturated heterocycles. The van der Waals surface area contributed by atoms with E-state index in [1.165, 1.54) is 24.3 Å². The molecule has 0 saturated carbocycles. The Labute approximate surface area is 203 Å². The van der Waals surface area contributed by atoms with Gasteiger partial charge in [0.1, 0.15) is 5.82 Å². The van der Waals surface area contributed by atoms with Crippen LogP contribution in [0.3, 0.4) is 0 Å². The van der Waals surface area contributed by atoms with Gasteiger partial charge in [-0.25, -0.2) is 4.39 Å². The van der Waals surface area contributed by atoms with Gasteiger partial charge in [0, 0.05) is 54.7 Å². The maximum absolute atomic E-state index is 13.3. The minimum absolute atomic E-state index is 0.158. The molecule has 170 valence electrons. The highest BCUT2D eigenvalue weighted by atomic mass is 35.5. The van der Waals surface area contributed by atoms with Gasteiger partial charge < -0.3 is 10.2 Å². The van der Waals surface area contributed by atoms with Crippen molar-refractivity contribution >= 4 is 46.2 Å². The number of nitrogens with one attached hydrogen (secondary N) is 2. The van der Waals surface area contributed by atoms with Crippen molar-refractivity contribution < 1.29 is 9.18 Å². The van der Waals surface area contributed by atoms with Crippen LogP contribution in [0.2, 0.25) is 5.02 Å². The fourth-order valence-corrected chi connectivity index (χ4v) is 4.16. The van der Waals surface area contributed by atoms with Gasteiger partial charge in [0.05, 0.1) is 0 Å². The molecule has 0 atom stereocenters. The first-order chi connectivity index (χ1) is 16.0. The van der Waals surface area contributed by atoms with Gasteiger partial charge in [0.15, 0.2) is 5.11 Å². The van der Waals surface area contributed by atoms with Crippen molar-refractivity contribution in [2.75, 3.05) is 36.4 Å². The molecule has 0 aliphatic carbocycles. The number of anilines is 2. The number of thiocarbonyl (C=S) groups is 1. The van der Waals surface area contributed by atoms with E-state index in [9.17, 15) is 9.18 Å². The van der Waals surface area contributed by atoms with E-state index in [4.69, 9.17) is 23.8 Å². The molecule has 0 spiro atoms. The molecular weight excluding hydrogens is 459 g/mol. The molecular formula is C25H24ClFN4OS. The number of carbonyl (C=O) groups is 1. The Hall–Kier alpha value is -3.00. The minimum atomic E-state index is -0.471. The number of piperazine rings is 1. The average molecular weight is 483 g/mol. The van der Waals surface area contributed by atoms with Crippen molar-refractivity contribution in [2.24, 2.45) is 0 Å². The molecule has 1 aliphatic rings. The number of hydrogen-bond donors (Lipinski definition) is 2. The summed E-state index contributed by atoms with van der Waals surface area (Å²) in [6, 6.07) is 21.4. The van der Waals surface area contributed by atoms with Crippen molar-refractivity contribution in [3.8, 4) is 0 Å². The van der Waals surface area contributed by atoms with Gasteiger partial charge in [-0.15, -0.1) is 0 Å². The number of rotatable bonds is 5. The maximum Gasteiger partial charge on any atom is 0.257 e. The Balaban J connectivity index is 1.26. The molecule has 2 N–H and O–H groups in total. The second-order valence-corrected chi connectivity index (χ2v) is 8.64. The van der Waals surface area contributed by atoms with Crippen molar-refractivity contribution in [1.82, 2.24) is 10.2 Å². The van der Waals surface area contributed by atoms with Gasteiger partial charge in [-0.05, 0) is 66.3 Å². The smallest absolute Gasteiger partial charge is 0.257 e. The lowest BCUT2D eigenvalue weighted by molar-refractivity contribution is 0.0977. The Morgan fingerprint density at radius 2 is 1.70 bits per heavy atom. The van der Waals surface area contributed by atoms with Crippen LogP contribution < -0.4 is 15.5 Å². The van der Waals surface area contributed by atoms with Crippen LogP contribution in [0.4, 0.5) is 15.8 Å². The van der Waals surface area contributed by atoms with Crippen LogP contribution in [0.5, 0.6) is 0 Å². The van der Waals surface area contributed by atoms with Crippen LogP contribution in [-0.4, -0.2) is 42.1 Å². The summed E-state index contributed by atoms with van der Waals surface area (Å²) in [4.78, 5) is 16.9. The van der Waals surface area contributed by atoms with E-state index in [1.54, 1.807) is 0 Å². The number of hydrogen-bond acceptors (Lipinski definition) is 4. The summed E-state index contributed by atoms with van der Waals surface area (Å²) in [5.74, 6) is -0.930. The SMILES string of the molecule is O=C(NC(=S)Nc1ccc(N2CCN(Cc3ccccc3Cl)CC2)cc1)c1cccc(F)c1. The maximum atomic E-state index is 13.3. The van der Waals surface area contributed by atoms with E-state index in [2.05, 4.69) is 26.5 Å². The average Bonchev–Trinajstić information content (AvgIpc) is 2.81. The topological polar surface area (TPSA) is 47.6 Å². The first-order valence-corrected chi connectivity index (χ1v) is 11.5. The van der Waals surface area contributed by atoms with Crippen LogP contribution in [0.25, 0.3) is 0 Å². The third kappa shape index (κ3) is 6.28. The summed E-state index contributed by atoms with van der Waals surface area (Å²) in [5, 5.41) is 6.53. The van der Waals surface area contributed by atoms with Gasteiger partial charge in [-0.3, -0.25) is 15.0 Å². The molecule has 0 unspecified atom stereocenters. The first-order valence-electron chi connectivity index (χ1n) is 10.7. The molecule has 0 bridgehead atoms. The fourth-order valence-electron chi connectivity index (χ4n) is 3.75. The van der Waals surface area contributed by atoms with Gasteiger partial charge in [0.2, 0.25) is 0 Å². The highest BCUT2D eigenvalue weighted by Gasteiger charge is 2.18. The predicted molar refractivity (Wildman–Crippen MR) is 135 cm³/mol. The summed E-state index contributed by atoms with van der Waals surface area (Å²) in [5.41, 5.74) is 3.26. The largest absolute Gasteiger partial charge is 0.369 e. The fraction of sp³-hybridized carbons (Fsp3) is 0.200. The van der Waals surface area contributed by atoms with Crippen LogP contribution in [0.15, 0.2) is 72.8 Å². The normalized spacial score (nSPS) is 14.1. The lowest BCUT2D eigenvalue weighted by Gasteiger charge is -2.36. The molecule has 1 heterocycles. The van der Waals surface area contributed by atoms with Crippen LogP contribution in [0, 0.1) is 5.82 Å². The summed E-state index contributed by atoms with van der Waals surface area (Å²) in [6.45, 7) is 4.64. The number of carbonyl (C=O) groups excluding carboxylic acids is 1. The molecule has 8 heteroatoms. The molecule has 4 rings (SSSR count). The van der Waals surface area contributed by atoms with Crippen LogP contribution in [-0.2, 0) is 6.54 Å². The first kappa shape index (κ1) is 23.2. The summed E-state index contributed by atoms with van der Waals surface area (Å²) < 4.78 is 13.3. The van der Waals surface area contributed by atoms with E-state index in [-0.39, 0.29) is 10.7 Å². The molecule has 1 amide bonds. The molecule has 5 nitrogen and oxygen atoms in total. The second-order valence-electron chi connectivity index (χ2n) is 7.82. The van der Waals surface area contributed by atoms with E-state index in [1.807, 2.05) is 42.5 Å². The lowest BCUT2D eigenvalue weighted by atomic mass is 10.2. The highest BCUT2D eigenvalue weighted by molar-refractivity contribution is 7.80. The quantitative estimate of drug-likeness (QED) is 0.505. The Kier molecular flexibility index (Phi) is 7.54. The second kappa shape index (κ2) is 10.7. The number of nitrogens with zero attached hydrogens (tertiary/aromatic N) is 2. The van der Waals surface area contributed by atoms with Crippen molar-refractivity contribution in [2.45, 2.75) is 6.54 Å². The van der Waals surface area contributed by atoms with E-state index in [0.29, 0.717) is 0 Å². The van der Waals surface area contributed by atoms with Crippen LogP contribution in [0.1, 0.15) is 15.9 Å². The summed E-state index contributed by atoms with van der Waals surface area (Å²) >= 11 is 11.5. The Bertz CT molecular complexity index is 1130. The Morgan fingerprint density at radius 1 is 0.970 bits per heavy atom. The molecule has 33 heavy (non-hydrogen) atoms. The standard InChI is InChI=1S/C25H24ClFN4OS/c26-23-7-2-1-4-19(23)17-30-12-14-31(15-13-30)22-10-8-21(9-11-22)28-25(33)29-24(32)18-5-3-6-20(27)16-18/h1-11,16H,12-15,17H2,(H2,28,29,32,33). The van der Waals surface area contributed by atoms with Gasteiger partial charge in [-0.1, -0.05) is 35.9 Å². The zero-order valence-corrected chi connectivity index (χ0v) is 19.5. The molecule has 1 fully saturated rings. The Morgan fingerprint density at radius 3 is 2.39 bits per heavy atom. The number of benzene rings is 3. The number of halogens is 2. The predicted octanol–water partition coefficient (Wildman–Crippen LogP) is 4.93. The number of amides is 1. The molecule has 3 aromatic carbocycles. The molecule has 1 aliphatic heterocycles. The van der Waals surface area contributed by atoms with Gasteiger partial charge in [-0.2, -0.15) is 0 Å². The monoisotopic (exact) mass is 482 g/mol. The van der Waals surface area contributed by atoms with Gasteiger partial charge >= 0.3 is 0 Å². The highest BCUT2D eigenvalue weighted by Crippen LogP contribution is 2.22. The van der Waals surface area contributed by atoms with Crippen molar-refractivity contribution in [1.29, 1.82) is 0 Å². The third-order valence-electron chi connectivity index (χ3n) is 5.53. The zero-order valence-electron chi connectivity index (χ0n) is 17.9. The minimum Gasteiger partial charge on any atom is -0.369 e. The molecule has 0 aromatic heterocycles.